The average molecular weight is 446 g/mol. The van der Waals surface area contributed by atoms with Crippen molar-refractivity contribution in [2.24, 2.45) is 0 Å². The highest BCUT2D eigenvalue weighted by Gasteiger charge is 2.25. The number of thioether (sulfide) groups is 1. The summed E-state index contributed by atoms with van der Waals surface area (Å²) in [6.45, 7) is 8.48. The molecule has 0 bridgehead atoms. The van der Waals surface area contributed by atoms with Crippen LogP contribution in [0.4, 0.5) is 4.79 Å². The summed E-state index contributed by atoms with van der Waals surface area (Å²) in [5, 5.41) is 0.741. The number of fused-ring (bicyclic) bond motifs is 1. The molecule has 0 saturated heterocycles. The highest BCUT2D eigenvalue weighted by atomic mass is 35.5. The van der Waals surface area contributed by atoms with E-state index in [4.69, 9.17) is 16.3 Å². The molecular weight excluding hydrogens is 418 g/mol. The Morgan fingerprint density at radius 3 is 2.37 bits per heavy atom. The van der Waals surface area contributed by atoms with Crippen LogP contribution in [-0.2, 0) is 23.3 Å². The van der Waals surface area contributed by atoms with Crippen LogP contribution in [-0.4, -0.2) is 35.5 Å². The normalized spacial score (nSPS) is 14.1. The van der Waals surface area contributed by atoms with Crippen molar-refractivity contribution < 1.29 is 14.3 Å². The van der Waals surface area contributed by atoms with Crippen LogP contribution >= 0.6 is 23.4 Å². The lowest BCUT2D eigenvalue weighted by Crippen LogP contribution is -2.38. The van der Waals surface area contributed by atoms with E-state index in [-0.39, 0.29) is 11.9 Å². The van der Waals surface area contributed by atoms with Gasteiger partial charge < -0.3 is 9.64 Å². The molecule has 0 aromatic heterocycles. The Bertz CT molecular complexity index is 935. The third kappa shape index (κ3) is 5.79. The minimum absolute atomic E-state index is 0.0696. The van der Waals surface area contributed by atoms with Crippen LogP contribution in [0.2, 0.25) is 5.02 Å². The lowest BCUT2D eigenvalue weighted by molar-refractivity contribution is 0.0258. The second-order valence-corrected chi connectivity index (χ2v) is 9.92. The number of nitrogens with zero attached hydrogens (tertiary/aromatic N) is 1. The highest BCUT2D eigenvalue weighted by Crippen LogP contribution is 2.36. The van der Waals surface area contributed by atoms with E-state index in [1.54, 1.807) is 23.6 Å². The zero-order valence-electron chi connectivity index (χ0n) is 18.0. The molecule has 1 amide bonds. The number of Topliss-reactive ketones (excluding diaryl/α,β-unsaturated/α-hetero) is 1. The maximum Gasteiger partial charge on any atom is 0.410 e. The highest BCUT2D eigenvalue weighted by molar-refractivity contribution is 7.98. The molecule has 0 saturated carbocycles. The molecule has 6 heteroatoms. The van der Waals surface area contributed by atoms with Gasteiger partial charge in [-0.15, -0.1) is 11.8 Å². The predicted octanol–water partition coefficient (Wildman–Crippen LogP) is 6.17. The molecular formula is C24H28ClNO3S. The number of carbonyl (C=O) groups is 2. The quantitative estimate of drug-likeness (QED) is 0.417. The number of hydrogen-bond acceptors (Lipinski definition) is 4. The van der Waals surface area contributed by atoms with Crippen molar-refractivity contribution in [3.05, 3.63) is 63.7 Å². The largest absolute Gasteiger partial charge is 0.444 e. The van der Waals surface area contributed by atoms with Gasteiger partial charge in [0.05, 0.1) is 5.02 Å². The smallest absolute Gasteiger partial charge is 0.410 e. The fourth-order valence-corrected chi connectivity index (χ4v) is 4.88. The van der Waals surface area contributed by atoms with Crippen molar-refractivity contribution in [1.82, 2.24) is 4.90 Å². The van der Waals surface area contributed by atoms with Gasteiger partial charge >= 0.3 is 6.09 Å². The summed E-state index contributed by atoms with van der Waals surface area (Å²) in [4.78, 5) is 26.8. The summed E-state index contributed by atoms with van der Waals surface area (Å²) < 4.78 is 5.55. The number of ether oxygens (including phenoxy) is 1. The second kappa shape index (κ2) is 9.44. The molecule has 0 radical (unpaired) electrons. The van der Waals surface area contributed by atoms with E-state index >= 15 is 0 Å². The number of benzene rings is 2. The minimum atomic E-state index is -0.501. The van der Waals surface area contributed by atoms with Gasteiger partial charge in [-0.2, -0.15) is 0 Å². The third-order valence-electron chi connectivity index (χ3n) is 4.99. The molecule has 160 valence electrons. The molecule has 0 fully saturated rings. The molecule has 1 aliphatic rings. The molecule has 0 aliphatic carbocycles. The lowest BCUT2D eigenvalue weighted by Gasteiger charge is -2.26. The number of hydrogen-bond donors (Lipinski definition) is 0. The number of carbonyl (C=O) groups excluding carboxylic acids is 2. The molecule has 4 nitrogen and oxygen atoms in total. The first-order valence-corrected chi connectivity index (χ1v) is 11.5. The SMILES string of the molecule is CC(=O)c1ccc(CSc2c(Cl)ccc3c2CCN(C(=O)OC(C)(C)C)CC3)cc1. The fraction of sp³-hybridized carbons (Fsp3) is 0.417. The summed E-state index contributed by atoms with van der Waals surface area (Å²) in [6, 6.07) is 11.7. The minimum Gasteiger partial charge on any atom is -0.444 e. The van der Waals surface area contributed by atoms with Crippen LogP contribution < -0.4 is 0 Å². The van der Waals surface area contributed by atoms with E-state index in [2.05, 4.69) is 6.07 Å². The maximum absolute atomic E-state index is 12.5. The number of rotatable bonds is 4. The molecule has 0 unspecified atom stereocenters. The van der Waals surface area contributed by atoms with E-state index in [0.717, 1.165) is 39.6 Å². The average Bonchev–Trinajstić information content (AvgIpc) is 2.89. The lowest BCUT2D eigenvalue weighted by atomic mass is 10.0. The van der Waals surface area contributed by atoms with Gasteiger partial charge in [-0.1, -0.05) is 41.9 Å². The second-order valence-electron chi connectivity index (χ2n) is 8.52. The Hall–Kier alpha value is -1.98. The van der Waals surface area contributed by atoms with Crippen molar-refractivity contribution in [2.45, 2.75) is 56.8 Å². The zero-order valence-corrected chi connectivity index (χ0v) is 19.5. The van der Waals surface area contributed by atoms with E-state index < -0.39 is 5.60 Å². The van der Waals surface area contributed by atoms with E-state index in [0.29, 0.717) is 13.1 Å². The number of amides is 1. The third-order valence-corrected chi connectivity index (χ3v) is 6.65. The Morgan fingerprint density at radius 1 is 1.07 bits per heavy atom. The molecule has 3 rings (SSSR count). The summed E-state index contributed by atoms with van der Waals surface area (Å²) in [6.07, 6.45) is 1.27. The van der Waals surface area contributed by atoms with Gasteiger partial charge in [0.25, 0.3) is 0 Å². The predicted molar refractivity (Wildman–Crippen MR) is 123 cm³/mol. The van der Waals surface area contributed by atoms with Gasteiger partial charge in [0.15, 0.2) is 5.78 Å². The zero-order chi connectivity index (χ0) is 21.9. The number of ketones is 1. The van der Waals surface area contributed by atoms with Gasteiger partial charge in [-0.05, 0) is 63.3 Å². The first-order valence-electron chi connectivity index (χ1n) is 10.1. The fourth-order valence-electron chi connectivity index (χ4n) is 3.42. The van der Waals surface area contributed by atoms with Gasteiger partial charge in [-0.3, -0.25) is 4.79 Å². The van der Waals surface area contributed by atoms with Crippen LogP contribution in [0.25, 0.3) is 0 Å². The molecule has 0 atom stereocenters. The molecule has 2 aromatic rings. The molecule has 1 aliphatic heterocycles. The molecule has 2 aromatic carbocycles. The topological polar surface area (TPSA) is 46.6 Å². The van der Waals surface area contributed by atoms with Gasteiger partial charge in [0.1, 0.15) is 5.60 Å². The summed E-state index contributed by atoms with van der Waals surface area (Å²) in [5.74, 6) is 0.838. The molecule has 1 heterocycles. The summed E-state index contributed by atoms with van der Waals surface area (Å²) in [7, 11) is 0. The first-order chi connectivity index (χ1) is 14.1. The van der Waals surface area contributed by atoms with Crippen LogP contribution in [0.3, 0.4) is 0 Å². The van der Waals surface area contributed by atoms with Crippen molar-refractivity contribution in [3.63, 3.8) is 0 Å². The van der Waals surface area contributed by atoms with Crippen molar-refractivity contribution in [2.75, 3.05) is 13.1 Å². The standard InChI is InChI=1S/C24H28ClNO3S/c1-16(27)18-7-5-17(6-8-18)15-30-22-20-12-14-26(23(28)29-24(2,3)4)13-11-19(20)9-10-21(22)25/h5-10H,11-15H2,1-4H3. The van der Waals surface area contributed by atoms with Gasteiger partial charge in [0.2, 0.25) is 0 Å². The Balaban J connectivity index is 1.73. The first kappa shape index (κ1) is 22.7. The van der Waals surface area contributed by atoms with Gasteiger partial charge in [0, 0.05) is 29.3 Å². The summed E-state index contributed by atoms with van der Waals surface area (Å²) >= 11 is 8.27. The van der Waals surface area contributed by atoms with E-state index in [9.17, 15) is 9.59 Å². The summed E-state index contributed by atoms with van der Waals surface area (Å²) in [5.41, 5.74) is 3.82. The van der Waals surface area contributed by atoms with E-state index in [1.165, 1.54) is 11.1 Å². The Morgan fingerprint density at radius 2 is 1.73 bits per heavy atom. The monoisotopic (exact) mass is 445 g/mol. The molecule has 0 N–H and O–H groups in total. The van der Waals surface area contributed by atoms with Crippen LogP contribution in [0.5, 0.6) is 0 Å². The Labute approximate surface area is 187 Å². The molecule has 0 spiro atoms. The van der Waals surface area contributed by atoms with Crippen molar-refractivity contribution in [1.29, 1.82) is 0 Å². The Kier molecular flexibility index (Phi) is 7.14. The molecule has 30 heavy (non-hydrogen) atoms. The van der Waals surface area contributed by atoms with E-state index in [1.807, 2.05) is 51.1 Å². The van der Waals surface area contributed by atoms with Crippen LogP contribution in [0.15, 0.2) is 41.3 Å². The van der Waals surface area contributed by atoms with Crippen LogP contribution in [0, 0.1) is 0 Å². The van der Waals surface area contributed by atoms with Crippen LogP contribution in [0.1, 0.15) is 54.7 Å². The van der Waals surface area contributed by atoms with Crippen molar-refractivity contribution >= 4 is 35.2 Å². The maximum atomic E-state index is 12.5. The number of halogens is 1. The van der Waals surface area contributed by atoms with Gasteiger partial charge in [-0.25, -0.2) is 4.79 Å². The van der Waals surface area contributed by atoms with Crippen molar-refractivity contribution in [3.8, 4) is 0 Å².